The van der Waals surface area contributed by atoms with Gasteiger partial charge in [-0.2, -0.15) is 0 Å². The molecule has 0 saturated heterocycles. The lowest BCUT2D eigenvalue weighted by Crippen LogP contribution is -2.57. The van der Waals surface area contributed by atoms with Gasteiger partial charge in [0.15, 0.2) is 0 Å². The molecule has 3 heterocycles. The predicted octanol–water partition coefficient (Wildman–Crippen LogP) is 4.64. The van der Waals surface area contributed by atoms with E-state index in [1.807, 2.05) is 26.0 Å². The number of hydrogen-bond acceptors (Lipinski definition) is 5. The number of carbonyl (C=O) groups is 3. The molecule has 1 aliphatic heterocycles. The van der Waals surface area contributed by atoms with Crippen LogP contribution in [0.15, 0.2) is 61.5 Å². The van der Waals surface area contributed by atoms with E-state index in [9.17, 15) is 14.4 Å². The largest absolute Gasteiger partial charge is 0.347 e. The Kier molecular flexibility index (Phi) is 6.39. The molecule has 0 bridgehead atoms. The molecular weight excluding hydrogens is 450 g/mol. The molecule has 176 valence electrons. The molecule has 2 atom stereocenters. The molecule has 9 heteroatoms. The zero-order chi connectivity index (χ0) is 24.5. The number of hydrogen-bond donors (Lipinski definition) is 3. The van der Waals surface area contributed by atoms with Crippen molar-refractivity contribution in [1.82, 2.24) is 15.6 Å². The van der Waals surface area contributed by atoms with E-state index in [0.29, 0.717) is 32.2 Å². The van der Waals surface area contributed by atoms with Gasteiger partial charge < -0.3 is 16.0 Å². The second-order valence-corrected chi connectivity index (χ2v) is 9.43. The monoisotopic (exact) mass is 477 g/mol. The first kappa shape index (κ1) is 23.4. The maximum absolute atomic E-state index is 13.4. The van der Waals surface area contributed by atoms with Crippen molar-refractivity contribution < 1.29 is 14.4 Å². The summed E-state index contributed by atoms with van der Waals surface area (Å²) in [6, 6.07) is 1.16. The molecule has 4 rings (SSSR count). The molecule has 2 aromatic heterocycles. The second kappa shape index (κ2) is 9.26. The van der Waals surface area contributed by atoms with Crippen LogP contribution < -0.4 is 20.9 Å². The van der Waals surface area contributed by atoms with E-state index in [4.69, 9.17) is 0 Å². The number of nitrogens with zero attached hydrogens (tertiary/aromatic N) is 2. The van der Waals surface area contributed by atoms with Crippen molar-refractivity contribution >= 4 is 50.8 Å². The van der Waals surface area contributed by atoms with Crippen LogP contribution in [0.1, 0.15) is 42.8 Å². The first-order valence-corrected chi connectivity index (χ1v) is 11.9. The van der Waals surface area contributed by atoms with Crippen LogP contribution in [0.25, 0.3) is 10.2 Å². The molecule has 0 spiro atoms. The van der Waals surface area contributed by atoms with Crippen molar-refractivity contribution in [3.63, 3.8) is 0 Å². The van der Waals surface area contributed by atoms with Crippen molar-refractivity contribution in [3.05, 3.63) is 66.4 Å². The van der Waals surface area contributed by atoms with Crippen LogP contribution in [0.2, 0.25) is 0 Å². The summed E-state index contributed by atoms with van der Waals surface area (Å²) in [4.78, 5) is 45.5. The molecule has 34 heavy (non-hydrogen) atoms. The van der Waals surface area contributed by atoms with Crippen LogP contribution in [0.4, 0.5) is 16.2 Å². The average Bonchev–Trinajstić information content (AvgIpc) is 3.36. The molecule has 2 aromatic rings. The fraction of sp³-hybridized carbons (Fsp3) is 0.280. The van der Waals surface area contributed by atoms with E-state index >= 15 is 0 Å². The summed E-state index contributed by atoms with van der Waals surface area (Å²) >= 11 is 1.23. The normalized spacial score (nSPS) is 22.1. The van der Waals surface area contributed by atoms with Crippen molar-refractivity contribution in [2.75, 3.05) is 10.2 Å². The molecule has 0 radical (unpaired) electrons. The minimum Gasteiger partial charge on any atom is -0.347 e. The Balaban J connectivity index is 1.72. The third-order valence-corrected chi connectivity index (χ3v) is 7.33. The summed E-state index contributed by atoms with van der Waals surface area (Å²) in [5.74, 6) is -0.581. The Morgan fingerprint density at radius 2 is 2.15 bits per heavy atom. The zero-order valence-corrected chi connectivity index (χ0v) is 20.0. The van der Waals surface area contributed by atoms with Crippen molar-refractivity contribution in [2.45, 2.75) is 44.7 Å². The Labute approximate surface area is 202 Å². The number of carbonyl (C=O) groups excluding carboxylic acids is 3. The summed E-state index contributed by atoms with van der Waals surface area (Å²) in [5.41, 5.74) is 1.07. The van der Waals surface area contributed by atoms with Gasteiger partial charge in [-0.05, 0) is 57.4 Å². The number of amides is 4. The smallest absolute Gasteiger partial charge is 0.331 e. The van der Waals surface area contributed by atoms with E-state index in [0.717, 1.165) is 19.3 Å². The predicted molar refractivity (Wildman–Crippen MR) is 136 cm³/mol. The number of urea groups is 1. The first-order chi connectivity index (χ1) is 16.3. The Bertz CT molecular complexity index is 1260. The summed E-state index contributed by atoms with van der Waals surface area (Å²) < 4.78 is 0. The van der Waals surface area contributed by atoms with Gasteiger partial charge in [0.25, 0.3) is 5.91 Å². The lowest BCUT2D eigenvalue weighted by Gasteiger charge is -2.33. The van der Waals surface area contributed by atoms with Crippen LogP contribution >= 0.6 is 11.3 Å². The molecule has 1 saturated carbocycles. The molecule has 0 aromatic carbocycles. The number of thiophene rings is 1. The molecule has 2 aliphatic rings. The van der Waals surface area contributed by atoms with Crippen LogP contribution in [-0.4, -0.2) is 34.4 Å². The average molecular weight is 478 g/mol. The summed E-state index contributed by atoms with van der Waals surface area (Å²) in [6.07, 6.45) is 12.3. The summed E-state index contributed by atoms with van der Waals surface area (Å²) in [7, 11) is 0. The highest BCUT2D eigenvalue weighted by Gasteiger charge is 2.42. The lowest BCUT2D eigenvalue weighted by atomic mass is 9.95. The highest BCUT2D eigenvalue weighted by molar-refractivity contribution is 7.21. The summed E-state index contributed by atoms with van der Waals surface area (Å²) in [6.45, 7) is 11.2. The molecule has 4 amide bonds. The number of rotatable bonds is 7. The third kappa shape index (κ3) is 4.03. The Hall–Kier alpha value is -3.72. The maximum Gasteiger partial charge on any atom is 0.331 e. The fourth-order valence-electron chi connectivity index (χ4n) is 4.52. The molecule has 1 aliphatic carbocycles. The van der Waals surface area contributed by atoms with Gasteiger partial charge in [-0.3, -0.25) is 14.5 Å². The van der Waals surface area contributed by atoms with Crippen molar-refractivity contribution in [1.29, 1.82) is 0 Å². The van der Waals surface area contributed by atoms with E-state index < -0.39 is 5.54 Å². The van der Waals surface area contributed by atoms with E-state index in [2.05, 4.69) is 34.1 Å². The molecule has 1 fully saturated rings. The van der Waals surface area contributed by atoms with Gasteiger partial charge in [-0.15, -0.1) is 11.3 Å². The first-order valence-electron chi connectivity index (χ1n) is 11.1. The highest BCUT2D eigenvalue weighted by atomic mass is 32.1. The Morgan fingerprint density at radius 1 is 1.35 bits per heavy atom. The number of allylic oxidation sites excluding steroid dienone is 4. The van der Waals surface area contributed by atoms with Crippen molar-refractivity contribution in [3.8, 4) is 0 Å². The minimum absolute atomic E-state index is 0.210. The second-order valence-electron chi connectivity index (χ2n) is 8.43. The van der Waals surface area contributed by atoms with Gasteiger partial charge in [-0.1, -0.05) is 25.3 Å². The van der Waals surface area contributed by atoms with Crippen LogP contribution in [0, 0.1) is 0 Å². The third-order valence-electron chi connectivity index (χ3n) is 6.24. The van der Waals surface area contributed by atoms with Gasteiger partial charge >= 0.3 is 6.03 Å². The maximum atomic E-state index is 13.4. The van der Waals surface area contributed by atoms with Crippen LogP contribution in [0.3, 0.4) is 0 Å². The van der Waals surface area contributed by atoms with E-state index in [-0.39, 0.29) is 23.9 Å². The Morgan fingerprint density at radius 3 is 2.85 bits per heavy atom. The highest BCUT2D eigenvalue weighted by Crippen LogP contribution is 2.45. The van der Waals surface area contributed by atoms with Gasteiger partial charge in [-0.25, -0.2) is 9.78 Å². The summed E-state index contributed by atoms with van der Waals surface area (Å²) in [5, 5.41) is 9.63. The number of anilines is 2. The van der Waals surface area contributed by atoms with E-state index in [1.165, 1.54) is 22.3 Å². The molecule has 8 nitrogen and oxygen atoms in total. The zero-order valence-electron chi connectivity index (χ0n) is 19.2. The van der Waals surface area contributed by atoms with Gasteiger partial charge in [0.05, 0.1) is 34.0 Å². The molecule has 0 unspecified atom stereocenters. The molecular formula is C25H27N5O3S. The SMILES string of the molecule is C=CC(=O)N[C@@H]1CCC[C@]1(C)NC(=O)c1sc2nccc3c2c1NC(=O)N3/C(C=C)=C/C=C\C. The number of nitrogens with one attached hydrogen (secondary N) is 3. The minimum atomic E-state index is -0.620. The fourth-order valence-corrected chi connectivity index (χ4v) is 5.54. The molecule has 3 N–H and O–H groups in total. The lowest BCUT2D eigenvalue weighted by molar-refractivity contribution is -0.117. The topological polar surface area (TPSA) is 103 Å². The van der Waals surface area contributed by atoms with Crippen LogP contribution in [-0.2, 0) is 4.79 Å². The van der Waals surface area contributed by atoms with Crippen molar-refractivity contribution in [2.24, 2.45) is 0 Å². The number of aromatic nitrogens is 1. The van der Waals surface area contributed by atoms with Gasteiger partial charge in [0, 0.05) is 6.20 Å². The van der Waals surface area contributed by atoms with E-state index in [1.54, 1.807) is 24.4 Å². The number of pyridine rings is 1. The van der Waals surface area contributed by atoms with Gasteiger partial charge in [0.1, 0.15) is 9.71 Å². The standard InChI is InChI=1S/C25H27N5O3S/c1-5-8-10-15(6-2)30-16-12-14-26-23-19(16)20(28-24(30)33)21(34-23)22(32)29-25(4)13-9-11-17(25)27-18(31)7-3/h5-8,10,12,14,17H,2-3,9,11,13H2,1,4H3,(H,27,31)(H,28,33)(H,29,32)/b8-5-,15-10+/t17-,25+/m1/s1. The quantitative estimate of drug-likeness (QED) is 0.399. The van der Waals surface area contributed by atoms with Crippen LogP contribution in [0.5, 0.6) is 0 Å². The van der Waals surface area contributed by atoms with Gasteiger partial charge in [0.2, 0.25) is 5.91 Å².